The van der Waals surface area contributed by atoms with Gasteiger partial charge in [-0.2, -0.15) is 5.10 Å². The van der Waals surface area contributed by atoms with E-state index in [-0.39, 0.29) is 24.4 Å². The molecule has 1 saturated carbocycles. The summed E-state index contributed by atoms with van der Waals surface area (Å²) >= 11 is 0. The molecule has 1 aliphatic carbocycles. The van der Waals surface area contributed by atoms with Crippen molar-refractivity contribution in [3.8, 4) is 0 Å². The van der Waals surface area contributed by atoms with E-state index in [1.807, 2.05) is 20.2 Å². The summed E-state index contributed by atoms with van der Waals surface area (Å²) in [7, 11) is 1.81. The Morgan fingerprint density at radius 3 is 2.63 bits per heavy atom. The Morgan fingerprint density at radius 1 is 1.47 bits per heavy atom. The van der Waals surface area contributed by atoms with Gasteiger partial charge in [0.1, 0.15) is 0 Å². The minimum Gasteiger partial charge on any atom is -0.481 e. The number of aliphatic carboxylic acids is 1. The van der Waals surface area contributed by atoms with Crippen LogP contribution in [0.4, 0.5) is 0 Å². The van der Waals surface area contributed by atoms with Crippen LogP contribution in [-0.4, -0.2) is 37.7 Å². The van der Waals surface area contributed by atoms with Crippen molar-refractivity contribution in [3.05, 3.63) is 17.5 Å². The van der Waals surface area contributed by atoms with Gasteiger partial charge in [-0.25, -0.2) is 0 Å². The monoisotopic (exact) mass is 263 g/mol. The summed E-state index contributed by atoms with van der Waals surface area (Å²) < 4.78 is 1.68. The van der Waals surface area contributed by atoms with Crippen LogP contribution in [0.1, 0.15) is 36.6 Å². The molecular weight excluding hydrogens is 246 g/mol. The molecule has 1 amide bonds. The fourth-order valence-corrected chi connectivity index (χ4v) is 3.03. The van der Waals surface area contributed by atoms with Gasteiger partial charge in [-0.1, -0.05) is 0 Å². The Morgan fingerprint density at radius 2 is 2.16 bits per heavy atom. The topological polar surface area (TPSA) is 75.4 Å². The first kappa shape index (κ1) is 12.2. The van der Waals surface area contributed by atoms with Crippen LogP contribution in [0.5, 0.6) is 0 Å². The van der Waals surface area contributed by atoms with Crippen LogP contribution in [0.25, 0.3) is 0 Å². The van der Waals surface area contributed by atoms with Crippen molar-refractivity contribution in [1.29, 1.82) is 0 Å². The van der Waals surface area contributed by atoms with Gasteiger partial charge in [0.25, 0.3) is 0 Å². The summed E-state index contributed by atoms with van der Waals surface area (Å²) in [4.78, 5) is 25.3. The number of likely N-dealkylation sites (tertiary alicyclic amines) is 1. The fourth-order valence-electron chi connectivity index (χ4n) is 3.03. The summed E-state index contributed by atoms with van der Waals surface area (Å²) in [6, 6.07) is -0.132. The SMILES string of the molecule is Cc1nn(C)cc1C1C(C(=O)O)CC(=O)N1C1CC1. The van der Waals surface area contributed by atoms with E-state index in [1.54, 1.807) is 9.58 Å². The minimum atomic E-state index is -0.898. The van der Waals surface area contributed by atoms with Crippen LogP contribution in [0, 0.1) is 12.8 Å². The average molecular weight is 263 g/mol. The molecule has 6 nitrogen and oxygen atoms in total. The lowest BCUT2D eigenvalue weighted by Gasteiger charge is -2.26. The normalized spacial score (nSPS) is 27.1. The zero-order valence-electron chi connectivity index (χ0n) is 11.0. The summed E-state index contributed by atoms with van der Waals surface area (Å²) in [5, 5.41) is 13.6. The second-order valence-corrected chi connectivity index (χ2v) is 5.47. The molecule has 0 radical (unpaired) electrons. The summed E-state index contributed by atoms with van der Waals surface area (Å²) in [5.74, 6) is -1.59. The zero-order valence-corrected chi connectivity index (χ0v) is 11.0. The second kappa shape index (κ2) is 4.08. The molecule has 0 bridgehead atoms. The van der Waals surface area contributed by atoms with Crippen LogP contribution in [0.2, 0.25) is 0 Å². The van der Waals surface area contributed by atoms with E-state index in [0.717, 1.165) is 24.1 Å². The number of hydrogen-bond acceptors (Lipinski definition) is 3. The Labute approximate surface area is 111 Å². The van der Waals surface area contributed by atoms with Crippen LogP contribution in [-0.2, 0) is 16.6 Å². The van der Waals surface area contributed by atoms with E-state index < -0.39 is 11.9 Å². The number of carboxylic acids is 1. The van der Waals surface area contributed by atoms with Crippen LogP contribution in [0.15, 0.2) is 6.20 Å². The van der Waals surface area contributed by atoms with Gasteiger partial charge < -0.3 is 10.0 Å². The fraction of sp³-hybridized carbons (Fsp3) is 0.615. The molecule has 19 heavy (non-hydrogen) atoms. The summed E-state index contributed by atoms with van der Waals surface area (Å²) in [5.41, 5.74) is 1.67. The Bertz CT molecular complexity index is 547. The van der Waals surface area contributed by atoms with E-state index in [0.29, 0.717) is 0 Å². The van der Waals surface area contributed by atoms with E-state index in [4.69, 9.17) is 0 Å². The summed E-state index contributed by atoms with van der Waals surface area (Å²) in [6.07, 6.45) is 3.90. The Hall–Kier alpha value is -1.85. The highest BCUT2D eigenvalue weighted by Gasteiger charge is 2.50. The predicted molar refractivity (Wildman–Crippen MR) is 66.3 cm³/mol. The van der Waals surface area contributed by atoms with Gasteiger partial charge in [-0.3, -0.25) is 14.3 Å². The number of carbonyl (C=O) groups is 2. The molecule has 102 valence electrons. The van der Waals surface area contributed by atoms with Crippen molar-refractivity contribution in [3.63, 3.8) is 0 Å². The highest BCUT2D eigenvalue weighted by molar-refractivity contribution is 5.87. The third-order valence-electron chi connectivity index (χ3n) is 3.99. The maximum absolute atomic E-state index is 12.1. The van der Waals surface area contributed by atoms with Crippen molar-refractivity contribution in [1.82, 2.24) is 14.7 Å². The molecule has 2 atom stereocenters. The Balaban J connectivity index is 2.03. The smallest absolute Gasteiger partial charge is 0.309 e. The van der Waals surface area contributed by atoms with Gasteiger partial charge in [-0.05, 0) is 19.8 Å². The van der Waals surface area contributed by atoms with Gasteiger partial charge in [0, 0.05) is 31.3 Å². The van der Waals surface area contributed by atoms with Crippen LogP contribution >= 0.6 is 0 Å². The molecule has 1 saturated heterocycles. The largest absolute Gasteiger partial charge is 0.481 e. The molecule has 0 aromatic carbocycles. The number of hydrogen-bond donors (Lipinski definition) is 1. The van der Waals surface area contributed by atoms with Gasteiger partial charge in [0.15, 0.2) is 0 Å². The number of nitrogens with zero attached hydrogens (tertiary/aromatic N) is 3. The van der Waals surface area contributed by atoms with E-state index in [9.17, 15) is 14.7 Å². The number of carboxylic acid groups (broad SMARTS) is 1. The second-order valence-electron chi connectivity index (χ2n) is 5.47. The molecule has 0 spiro atoms. The molecule has 1 aromatic heterocycles. The minimum absolute atomic E-state index is 0.0387. The number of aromatic nitrogens is 2. The lowest BCUT2D eigenvalue weighted by atomic mass is 9.94. The molecule has 2 heterocycles. The Kier molecular flexibility index (Phi) is 2.62. The summed E-state index contributed by atoms with van der Waals surface area (Å²) in [6.45, 7) is 1.86. The van der Waals surface area contributed by atoms with Crippen molar-refractivity contribution in [2.45, 2.75) is 38.3 Å². The van der Waals surface area contributed by atoms with Crippen molar-refractivity contribution < 1.29 is 14.7 Å². The van der Waals surface area contributed by atoms with Crippen molar-refractivity contribution in [2.75, 3.05) is 0 Å². The number of aryl methyl sites for hydroxylation is 2. The van der Waals surface area contributed by atoms with Crippen LogP contribution in [0.3, 0.4) is 0 Å². The first-order valence-electron chi connectivity index (χ1n) is 6.53. The molecule has 3 rings (SSSR count). The van der Waals surface area contributed by atoms with Crippen molar-refractivity contribution >= 4 is 11.9 Å². The van der Waals surface area contributed by atoms with Gasteiger partial charge >= 0.3 is 5.97 Å². The van der Waals surface area contributed by atoms with E-state index >= 15 is 0 Å². The third kappa shape index (κ3) is 1.91. The first-order chi connectivity index (χ1) is 8.99. The van der Waals surface area contributed by atoms with Gasteiger partial charge in [-0.15, -0.1) is 0 Å². The molecule has 1 aliphatic heterocycles. The maximum Gasteiger partial charge on any atom is 0.309 e. The van der Waals surface area contributed by atoms with E-state index in [1.165, 1.54) is 0 Å². The lowest BCUT2D eigenvalue weighted by Crippen LogP contribution is -2.32. The van der Waals surface area contributed by atoms with Gasteiger partial charge in [0.2, 0.25) is 5.91 Å². The molecule has 2 fully saturated rings. The molecule has 6 heteroatoms. The highest BCUT2D eigenvalue weighted by atomic mass is 16.4. The number of rotatable bonds is 3. The molecule has 1 N–H and O–H groups in total. The van der Waals surface area contributed by atoms with Crippen molar-refractivity contribution in [2.24, 2.45) is 13.0 Å². The number of carbonyl (C=O) groups excluding carboxylic acids is 1. The molecule has 2 aliphatic rings. The molecule has 2 unspecified atom stereocenters. The number of amides is 1. The predicted octanol–water partition coefficient (Wildman–Crippen LogP) is 0.865. The zero-order chi connectivity index (χ0) is 13.7. The third-order valence-corrected chi connectivity index (χ3v) is 3.99. The quantitative estimate of drug-likeness (QED) is 0.877. The standard InChI is InChI=1S/C13H17N3O3/c1-7-10(6-15(2)14-7)12-9(13(18)19)5-11(17)16(12)8-3-4-8/h6,8-9,12H,3-5H2,1-2H3,(H,18,19). The lowest BCUT2D eigenvalue weighted by molar-refractivity contribution is -0.142. The van der Waals surface area contributed by atoms with Gasteiger partial charge in [0.05, 0.1) is 17.7 Å². The maximum atomic E-state index is 12.1. The molecule has 1 aromatic rings. The average Bonchev–Trinajstić information content (AvgIpc) is 3.02. The van der Waals surface area contributed by atoms with Crippen LogP contribution < -0.4 is 0 Å². The molecular formula is C13H17N3O3. The first-order valence-corrected chi connectivity index (χ1v) is 6.53. The highest BCUT2D eigenvalue weighted by Crippen LogP contribution is 2.45. The van der Waals surface area contributed by atoms with E-state index in [2.05, 4.69) is 5.10 Å².